The molecule has 0 saturated heterocycles. The molecule has 1 aliphatic carbocycles. The molecule has 0 spiro atoms. The van der Waals surface area contributed by atoms with Gasteiger partial charge in [0.1, 0.15) is 17.1 Å². The molecule has 7 nitrogen and oxygen atoms in total. The molecule has 1 aliphatic rings. The van der Waals surface area contributed by atoms with E-state index in [1.807, 2.05) is 0 Å². The minimum atomic E-state index is -5.05. The first-order valence-electron chi connectivity index (χ1n) is 10.0. The highest BCUT2D eigenvalue weighted by Crippen LogP contribution is 2.39. The first-order valence-corrected chi connectivity index (χ1v) is 10.0. The van der Waals surface area contributed by atoms with Gasteiger partial charge in [-0.1, -0.05) is 0 Å². The number of carbonyl (C=O) groups is 2. The highest BCUT2D eigenvalue weighted by Gasteiger charge is 2.40. The predicted molar refractivity (Wildman–Crippen MR) is 108 cm³/mol. The molecule has 33 heavy (non-hydrogen) atoms. The largest absolute Gasteiger partial charge is 0.462 e. The van der Waals surface area contributed by atoms with E-state index in [9.17, 15) is 27.6 Å². The van der Waals surface area contributed by atoms with Gasteiger partial charge in [-0.05, 0) is 56.2 Å². The number of esters is 2. The average molecular weight is 462 g/mol. The fourth-order valence-corrected chi connectivity index (χ4v) is 3.01. The molecule has 3 aromatic rings. The first kappa shape index (κ1) is 22.4. The van der Waals surface area contributed by atoms with E-state index in [0.29, 0.717) is 12.8 Å². The number of ether oxygens (including phenoxy) is 3. The fraction of sp³-hybridized carbons (Fsp3) is 0.261. The monoisotopic (exact) mass is 462 g/mol. The molecule has 0 N–H and O–H groups in total. The fourth-order valence-electron chi connectivity index (χ4n) is 3.01. The van der Waals surface area contributed by atoms with Crippen LogP contribution in [0.5, 0.6) is 17.2 Å². The Morgan fingerprint density at radius 2 is 1.73 bits per heavy atom. The summed E-state index contributed by atoms with van der Waals surface area (Å²) >= 11 is 0. The lowest BCUT2D eigenvalue weighted by Crippen LogP contribution is -2.16. The number of fused-ring (bicyclic) bond motifs is 1. The summed E-state index contributed by atoms with van der Waals surface area (Å²) in [5.41, 5.74) is -1.30. The molecule has 0 aliphatic heterocycles. The zero-order valence-electron chi connectivity index (χ0n) is 17.2. The molecule has 0 bridgehead atoms. The van der Waals surface area contributed by atoms with Crippen molar-refractivity contribution in [3.8, 4) is 17.2 Å². The number of benzene rings is 2. The number of hydrogen-bond donors (Lipinski definition) is 0. The smallest absolute Gasteiger partial charge is 0.453 e. The van der Waals surface area contributed by atoms with Crippen molar-refractivity contribution >= 4 is 22.9 Å². The van der Waals surface area contributed by atoms with Crippen LogP contribution < -0.4 is 14.9 Å². The standard InChI is InChI=1S/C23H17F3O7/c1-2-30-21(28)12-5-7-14(8-6-12)31-19-18(27)16-10-9-15(32-22(29)13-3-4-13)11-17(16)33-20(19)23(24,25)26/h5-11,13H,2-4H2,1H3. The van der Waals surface area contributed by atoms with Crippen molar-refractivity contribution in [1.29, 1.82) is 0 Å². The van der Waals surface area contributed by atoms with Crippen LogP contribution in [0.25, 0.3) is 11.0 Å². The third kappa shape index (κ3) is 4.84. The Balaban J connectivity index is 1.70. The number of hydrogen-bond acceptors (Lipinski definition) is 7. The van der Waals surface area contributed by atoms with Gasteiger partial charge in [0.2, 0.25) is 11.2 Å². The molecule has 1 fully saturated rings. The summed E-state index contributed by atoms with van der Waals surface area (Å²) in [4.78, 5) is 36.4. The van der Waals surface area contributed by atoms with Crippen LogP contribution >= 0.6 is 0 Å². The van der Waals surface area contributed by atoms with Gasteiger partial charge >= 0.3 is 18.1 Å². The minimum absolute atomic E-state index is 0.0288. The topological polar surface area (TPSA) is 92.0 Å². The maximum absolute atomic E-state index is 13.7. The van der Waals surface area contributed by atoms with Crippen LogP contribution in [0.15, 0.2) is 51.7 Å². The highest BCUT2D eigenvalue weighted by molar-refractivity contribution is 5.89. The molecule has 172 valence electrons. The van der Waals surface area contributed by atoms with Gasteiger partial charge in [-0.3, -0.25) is 9.59 Å². The zero-order chi connectivity index (χ0) is 23.8. The van der Waals surface area contributed by atoms with E-state index in [4.69, 9.17) is 18.6 Å². The van der Waals surface area contributed by atoms with Gasteiger partial charge in [-0.15, -0.1) is 0 Å². The molecule has 1 heterocycles. The van der Waals surface area contributed by atoms with Crippen LogP contribution in [0, 0.1) is 5.92 Å². The number of carbonyl (C=O) groups excluding carboxylic acids is 2. The van der Waals surface area contributed by atoms with Crippen LogP contribution in [0.3, 0.4) is 0 Å². The summed E-state index contributed by atoms with van der Waals surface area (Å²) in [6, 6.07) is 8.61. The lowest BCUT2D eigenvalue weighted by atomic mass is 10.2. The van der Waals surface area contributed by atoms with E-state index in [0.717, 1.165) is 6.07 Å². The lowest BCUT2D eigenvalue weighted by molar-refractivity contribution is -0.154. The van der Waals surface area contributed by atoms with E-state index in [-0.39, 0.29) is 35.0 Å². The molecular formula is C23H17F3O7. The van der Waals surface area contributed by atoms with E-state index >= 15 is 0 Å². The van der Waals surface area contributed by atoms with E-state index in [1.165, 1.54) is 36.4 Å². The van der Waals surface area contributed by atoms with Crippen molar-refractivity contribution in [2.75, 3.05) is 6.61 Å². The predicted octanol–water partition coefficient (Wildman–Crippen LogP) is 5.10. The van der Waals surface area contributed by atoms with E-state index < -0.39 is 40.6 Å². The van der Waals surface area contributed by atoms with Crippen molar-refractivity contribution < 1.29 is 41.4 Å². The van der Waals surface area contributed by atoms with Gasteiger partial charge in [-0.25, -0.2) is 4.79 Å². The van der Waals surface area contributed by atoms with Crippen molar-refractivity contribution in [3.63, 3.8) is 0 Å². The summed E-state index contributed by atoms with van der Waals surface area (Å²) in [5, 5.41) is -0.188. The molecule has 0 radical (unpaired) electrons. The molecule has 0 amide bonds. The summed E-state index contributed by atoms with van der Waals surface area (Å²) in [6.07, 6.45) is -3.66. The Hall–Kier alpha value is -3.82. The Bertz CT molecular complexity index is 1270. The van der Waals surface area contributed by atoms with Crippen LogP contribution in [0.2, 0.25) is 0 Å². The van der Waals surface area contributed by atoms with Crippen LogP contribution in [0.1, 0.15) is 35.9 Å². The third-order valence-electron chi connectivity index (χ3n) is 4.79. The molecule has 1 aromatic heterocycles. The van der Waals surface area contributed by atoms with Gasteiger partial charge in [-0.2, -0.15) is 13.2 Å². The van der Waals surface area contributed by atoms with Crippen molar-refractivity contribution in [2.45, 2.75) is 25.9 Å². The molecule has 1 saturated carbocycles. The summed E-state index contributed by atoms with van der Waals surface area (Å²) in [7, 11) is 0. The number of alkyl halides is 3. The summed E-state index contributed by atoms with van der Waals surface area (Å²) in [5.74, 6) is -4.15. The maximum Gasteiger partial charge on any atom is 0.453 e. The summed E-state index contributed by atoms with van der Waals surface area (Å²) < 4.78 is 61.2. The first-order chi connectivity index (χ1) is 15.7. The van der Waals surface area contributed by atoms with Crippen LogP contribution in [0.4, 0.5) is 13.2 Å². The molecule has 2 aromatic carbocycles. The summed E-state index contributed by atoms with van der Waals surface area (Å²) in [6.45, 7) is 1.79. The van der Waals surface area contributed by atoms with Gasteiger partial charge in [0.25, 0.3) is 5.76 Å². The highest BCUT2D eigenvalue weighted by atomic mass is 19.4. The maximum atomic E-state index is 13.7. The van der Waals surface area contributed by atoms with Gasteiger partial charge in [0.05, 0.1) is 23.5 Å². The minimum Gasteiger partial charge on any atom is -0.462 e. The van der Waals surface area contributed by atoms with Gasteiger partial charge in [0.15, 0.2) is 0 Å². The lowest BCUT2D eigenvalue weighted by Gasteiger charge is -2.14. The second kappa shape index (κ2) is 8.61. The Kier molecular flexibility index (Phi) is 5.84. The molecule has 0 unspecified atom stereocenters. The van der Waals surface area contributed by atoms with E-state index in [1.54, 1.807) is 6.92 Å². The Morgan fingerprint density at radius 1 is 1.06 bits per heavy atom. The van der Waals surface area contributed by atoms with Crippen molar-refractivity contribution in [3.05, 3.63) is 64.0 Å². The second-order valence-corrected chi connectivity index (χ2v) is 7.29. The number of halogens is 3. The second-order valence-electron chi connectivity index (χ2n) is 7.29. The van der Waals surface area contributed by atoms with Crippen LogP contribution in [-0.4, -0.2) is 18.5 Å². The van der Waals surface area contributed by atoms with Crippen molar-refractivity contribution in [1.82, 2.24) is 0 Å². The molecule has 4 rings (SSSR count). The quantitative estimate of drug-likeness (QED) is 0.372. The van der Waals surface area contributed by atoms with Gasteiger partial charge in [0, 0.05) is 6.07 Å². The Labute approximate surface area is 184 Å². The molecular weight excluding hydrogens is 445 g/mol. The van der Waals surface area contributed by atoms with Gasteiger partial charge < -0.3 is 18.6 Å². The van der Waals surface area contributed by atoms with Crippen molar-refractivity contribution in [2.24, 2.45) is 5.92 Å². The van der Waals surface area contributed by atoms with E-state index in [2.05, 4.69) is 0 Å². The third-order valence-corrected chi connectivity index (χ3v) is 4.79. The normalized spacial score (nSPS) is 13.6. The average Bonchev–Trinajstić information content (AvgIpc) is 3.61. The SMILES string of the molecule is CCOC(=O)c1ccc(Oc2c(C(F)(F)F)oc3cc(OC(=O)C4CC4)ccc3c2=O)cc1. The Morgan fingerprint density at radius 3 is 2.33 bits per heavy atom. The zero-order valence-corrected chi connectivity index (χ0v) is 17.2. The number of rotatable bonds is 6. The van der Waals surface area contributed by atoms with Crippen LogP contribution in [-0.2, 0) is 15.7 Å². The molecule has 0 atom stereocenters. The molecule has 10 heteroatoms.